The molecule has 9 heteroatoms. The van der Waals surface area contributed by atoms with Crippen molar-refractivity contribution in [3.63, 3.8) is 0 Å². The second-order valence-corrected chi connectivity index (χ2v) is 8.54. The fourth-order valence-electron chi connectivity index (χ4n) is 2.34. The highest BCUT2D eigenvalue weighted by Gasteiger charge is 2.29. The average Bonchev–Trinajstić information content (AvgIpc) is 2.84. The third-order valence-corrected chi connectivity index (χ3v) is 5.87. The fourth-order valence-corrected chi connectivity index (χ4v) is 4.79. The summed E-state index contributed by atoms with van der Waals surface area (Å²) in [4.78, 5) is 0. The Morgan fingerprint density at radius 3 is 2.90 bits per heavy atom. The lowest BCUT2D eigenvalue weighted by atomic mass is 10.0. The van der Waals surface area contributed by atoms with E-state index >= 15 is 0 Å². The van der Waals surface area contributed by atoms with E-state index in [2.05, 4.69) is 28.8 Å². The highest BCUT2D eigenvalue weighted by Crippen LogP contribution is 2.23. The number of rotatable bonds is 6. The lowest BCUT2D eigenvalue weighted by molar-refractivity contribution is 0.273. The van der Waals surface area contributed by atoms with Crippen molar-refractivity contribution in [3.8, 4) is 0 Å². The van der Waals surface area contributed by atoms with Crippen molar-refractivity contribution >= 4 is 26.7 Å². The monoisotopic (exact) mass is 333 g/mol. The molecule has 2 rings (SSSR count). The smallest absolute Gasteiger partial charge is 0.303 e. The van der Waals surface area contributed by atoms with Crippen LogP contribution in [0.5, 0.6) is 0 Å². The first-order valence-corrected chi connectivity index (χ1v) is 9.46. The van der Waals surface area contributed by atoms with Crippen molar-refractivity contribution in [2.75, 3.05) is 24.4 Å². The quantitative estimate of drug-likeness (QED) is 0.811. The minimum atomic E-state index is -3.56. The van der Waals surface area contributed by atoms with Crippen molar-refractivity contribution in [1.29, 1.82) is 0 Å². The highest BCUT2D eigenvalue weighted by atomic mass is 32.2. The molecule has 7 nitrogen and oxygen atoms in total. The summed E-state index contributed by atoms with van der Waals surface area (Å²) in [6.45, 7) is 5.70. The lowest BCUT2D eigenvalue weighted by Crippen LogP contribution is -2.44. The first-order chi connectivity index (χ1) is 9.90. The molecule has 0 saturated carbocycles. The van der Waals surface area contributed by atoms with Crippen LogP contribution in [0, 0.1) is 11.8 Å². The molecule has 1 unspecified atom stereocenters. The standard InChI is InChI=1S/C12H23N5O2S2/c1-9(2)6-11-14-15-12(20-11)16-21(18,19)17-5-3-4-10(7-13)8-17/h9-10H,3-8,13H2,1-2H3,(H,15,16). The minimum Gasteiger partial charge on any atom is -0.330 e. The molecule has 1 aliphatic rings. The van der Waals surface area contributed by atoms with E-state index < -0.39 is 10.2 Å². The van der Waals surface area contributed by atoms with Crippen molar-refractivity contribution in [1.82, 2.24) is 14.5 Å². The number of nitrogens with two attached hydrogens (primary N) is 1. The molecule has 1 aromatic heterocycles. The van der Waals surface area contributed by atoms with Gasteiger partial charge in [-0.15, -0.1) is 10.2 Å². The van der Waals surface area contributed by atoms with Crippen LogP contribution >= 0.6 is 11.3 Å². The Balaban J connectivity index is 2.01. The molecule has 1 fully saturated rings. The summed E-state index contributed by atoms with van der Waals surface area (Å²) in [5.74, 6) is 0.705. The molecule has 0 aliphatic carbocycles. The molecule has 0 spiro atoms. The maximum absolute atomic E-state index is 12.4. The summed E-state index contributed by atoms with van der Waals surface area (Å²) in [7, 11) is -3.56. The fraction of sp³-hybridized carbons (Fsp3) is 0.833. The predicted molar refractivity (Wildman–Crippen MR) is 84.3 cm³/mol. The number of aromatic nitrogens is 2. The summed E-state index contributed by atoms with van der Waals surface area (Å²) >= 11 is 1.29. The van der Waals surface area contributed by atoms with Gasteiger partial charge in [-0.3, -0.25) is 0 Å². The predicted octanol–water partition coefficient (Wildman–Crippen LogP) is 1.06. The van der Waals surface area contributed by atoms with E-state index in [-0.39, 0.29) is 5.92 Å². The molecule has 0 aromatic carbocycles. The Bertz CT molecular complexity index is 558. The highest BCUT2D eigenvalue weighted by molar-refractivity contribution is 7.90. The zero-order valence-corrected chi connectivity index (χ0v) is 14.1. The Hall–Kier alpha value is -0.770. The van der Waals surface area contributed by atoms with Crippen LogP contribution in [-0.2, 0) is 16.6 Å². The number of hydrogen-bond acceptors (Lipinski definition) is 6. The number of nitrogens with one attached hydrogen (secondary N) is 1. The van der Waals surface area contributed by atoms with Gasteiger partial charge in [0.05, 0.1) is 0 Å². The van der Waals surface area contributed by atoms with Crippen molar-refractivity contribution in [3.05, 3.63) is 5.01 Å². The van der Waals surface area contributed by atoms with Gasteiger partial charge in [-0.25, -0.2) is 4.72 Å². The van der Waals surface area contributed by atoms with Gasteiger partial charge in [-0.05, 0) is 31.2 Å². The van der Waals surface area contributed by atoms with E-state index in [9.17, 15) is 8.42 Å². The maximum atomic E-state index is 12.4. The van der Waals surface area contributed by atoms with E-state index in [1.54, 1.807) is 0 Å². The van der Waals surface area contributed by atoms with Crippen LogP contribution in [0.1, 0.15) is 31.7 Å². The average molecular weight is 333 g/mol. The molecular formula is C12H23N5O2S2. The molecule has 1 atom stereocenters. The third-order valence-electron chi connectivity index (χ3n) is 3.42. The van der Waals surface area contributed by atoms with Gasteiger partial charge in [0, 0.05) is 19.5 Å². The van der Waals surface area contributed by atoms with Crippen LogP contribution in [-0.4, -0.2) is 42.6 Å². The first kappa shape index (κ1) is 16.6. The number of piperidine rings is 1. The number of nitrogens with zero attached hydrogens (tertiary/aromatic N) is 3. The van der Waals surface area contributed by atoms with Crippen LogP contribution < -0.4 is 10.5 Å². The molecule has 0 radical (unpaired) electrons. The van der Waals surface area contributed by atoms with Gasteiger partial charge >= 0.3 is 10.2 Å². The topological polar surface area (TPSA) is 101 Å². The maximum Gasteiger partial charge on any atom is 0.303 e. The van der Waals surface area contributed by atoms with Crippen molar-refractivity contribution < 1.29 is 8.42 Å². The molecule has 1 saturated heterocycles. The number of anilines is 1. The van der Waals surface area contributed by atoms with Crippen LogP contribution in [0.15, 0.2) is 0 Å². The van der Waals surface area contributed by atoms with Crippen molar-refractivity contribution in [2.24, 2.45) is 17.6 Å². The second kappa shape index (κ2) is 6.99. The lowest BCUT2D eigenvalue weighted by Gasteiger charge is -2.30. The Morgan fingerprint density at radius 2 is 2.24 bits per heavy atom. The normalized spacial score (nSPS) is 20.9. The SMILES string of the molecule is CC(C)Cc1nnc(NS(=O)(=O)N2CCCC(CN)C2)s1. The molecule has 120 valence electrons. The summed E-state index contributed by atoms with van der Waals surface area (Å²) < 4.78 is 28.7. The van der Waals surface area contributed by atoms with E-state index in [0.717, 1.165) is 24.3 Å². The van der Waals surface area contributed by atoms with Gasteiger partial charge in [-0.1, -0.05) is 25.2 Å². The van der Waals surface area contributed by atoms with Gasteiger partial charge in [0.15, 0.2) is 0 Å². The second-order valence-electron chi connectivity index (χ2n) is 5.81. The zero-order chi connectivity index (χ0) is 15.5. The largest absolute Gasteiger partial charge is 0.330 e. The number of hydrogen-bond donors (Lipinski definition) is 2. The molecule has 0 amide bonds. The van der Waals surface area contributed by atoms with Gasteiger partial charge in [0.2, 0.25) is 5.13 Å². The summed E-state index contributed by atoms with van der Waals surface area (Å²) in [5.41, 5.74) is 5.65. The van der Waals surface area contributed by atoms with E-state index in [0.29, 0.717) is 30.7 Å². The Morgan fingerprint density at radius 1 is 1.48 bits per heavy atom. The van der Waals surface area contributed by atoms with E-state index in [4.69, 9.17) is 5.73 Å². The van der Waals surface area contributed by atoms with E-state index in [1.165, 1.54) is 15.6 Å². The summed E-state index contributed by atoms with van der Waals surface area (Å²) in [6, 6.07) is 0. The third kappa shape index (κ3) is 4.60. The zero-order valence-electron chi connectivity index (χ0n) is 12.4. The minimum absolute atomic E-state index is 0.237. The molecule has 3 N–H and O–H groups in total. The van der Waals surface area contributed by atoms with Crippen LogP contribution in [0.3, 0.4) is 0 Å². The molecule has 1 aromatic rings. The summed E-state index contributed by atoms with van der Waals surface area (Å²) in [5, 5.41) is 9.12. The Labute approximate surface area is 130 Å². The van der Waals surface area contributed by atoms with Gasteiger partial charge in [-0.2, -0.15) is 12.7 Å². The molecule has 1 aliphatic heterocycles. The van der Waals surface area contributed by atoms with Crippen molar-refractivity contribution in [2.45, 2.75) is 33.1 Å². The van der Waals surface area contributed by atoms with Crippen LogP contribution in [0.25, 0.3) is 0 Å². The first-order valence-electron chi connectivity index (χ1n) is 7.21. The molecule has 2 heterocycles. The Kier molecular flexibility index (Phi) is 5.53. The van der Waals surface area contributed by atoms with Gasteiger partial charge in [0.25, 0.3) is 0 Å². The van der Waals surface area contributed by atoms with Crippen LogP contribution in [0.4, 0.5) is 5.13 Å². The summed E-state index contributed by atoms with van der Waals surface area (Å²) in [6.07, 6.45) is 2.63. The molecular weight excluding hydrogens is 310 g/mol. The van der Waals surface area contributed by atoms with E-state index in [1.807, 2.05) is 0 Å². The van der Waals surface area contributed by atoms with Gasteiger partial charge in [0.1, 0.15) is 5.01 Å². The van der Waals surface area contributed by atoms with Crippen LogP contribution in [0.2, 0.25) is 0 Å². The molecule has 21 heavy (non-hydrogen) atoms. The molecule has 0 bridgehead atoms. The van der Waals surface area contributed by atoms with Gasteiger partial charge < -0.3 is 5.73 Å².